The average molecular weight is 237 g/mol. The Morgan fingerprint density at radius 3 is 2.56 bits per heavy atom. The summed E-state index contributed by atoms with van der Waals surface area (Å²) in [5.74, 6) is 0.655. The third-order valence-electron chi connectivity index (χ3n) is 3.27. The molecule has 0 spiro atoms. The van der Waals surface area contributed by atoms with Gasteiger partial charge in [0.1, 0.15) is 0 Å². The Balaban J connectivity index is 1.62. The standard InChI is InChI=1S/C11H18F3NO/c12-11(13,14)5-1-6-15-9-4-7-16-10(9)8-2-3-8/h8-10,15H,1-7H2. The predicted molar refractivity (Wildman–Crippen MR) is 54.2 cm³/mol. The summed E-state index contributed by atoms with van der Waals surface area (Å²) in [5, 5.41) is 3.20. The van der Waals surface area contributed by atoms with Crippen LogP contribution in [0.25, 0.3) is 0 Å². The number of alkyl halides is 3. The molecule has 0 aromatic rings. The second-order valence-electron chi connectivity index (χ2n) is 4.74. The minimum absolute atomic E-state index is 0.164. The van der Waals surface area contributed by atoms with Crippen molar-refractivity contribution in [3.63, 3.8) is 0 Å². The zero-order valence-electron chi connectivity index (χ0n) is 9.22. The van der Waals surface area contributed by atoms with Crippen LogP contribution in [-0.2, 0) is 4.74 Å². The van der Waals surface area contributed by atoms with Crippen molar-refractivity contribution >= 4 is 0 Å². The van der Waals surface area contributed by atoms with Crippen LogP contribution in [0.15, 0.2) is 0 Å². The van der Waals surface area contributed by atoms with Crippen LogP contribution < -0.4 is 5.32 Å². The molecule has 0 bridgehead atoms. The first-order valence-corrected chi connectivity index (χ1v) is 5.98. The molecule has 1 aliphatic carbocycles. The highest BCUT2D eigenvalue weighted by Crippen LogP contribution is 2.38. The first-order chi connectivity index (χ1) is 7.56. The molecule has 0 radical (unpaired) electrons. The molecule has 5 heteroatoms. The first kappa shape index (κ1) is 12.2. The van der Waals surface area contributed by atoms with Crippen molar-refractivity contribution in [2.24, 2.45) is 5.92 Å². The van der Waals surface area contributed by atoms with Gasteiger partial charge in [-0.1, -0.05) is 0 Å². The summed E-state index contributed by atoms with van der Waals surface area (Å²) >= 11 is 0. The fourth-order valence-electron chi connectivity index (χ4n) is 2.30. The summed E-state index contributed by atoms with van der Waals surface area (Å²) < 4.78 is 41.4. The summed E-state index contributed by atoms with van der Waals surface area (Å²) in [6, 6.07) is 0.278. The molecular weight excluding hydrogens is 219 g/mol. The van der Waals surface area contributed by atoms with Crippen LogP contribution in [0.4, 0.5) is 13.2 Å². The second-order valence-corrected chi connectivity index (χ2v) is 4.74. The maximum Gasteiger partial charge on any atom is 0.389 e. The minimum atomic E-state index is -4.02. The van der Waals surface area contributed by atoms with Crippen molar-refractivity contribution < 1.29 is 17.9 Å². The van der Waals surface area contributed by atoms with Gasteiger partial charge in [0.25, 0.3) is 0 Å². The van der Waals surface area contributed by atoms with Crippen LogP contribution >= 0.6 is 0 Å². The van der Waals surface area contributed by atoms with E-state index in [4.69, 9.17) is 4.74 Å². The summed E-state index contributed by atoms with van der Waals surface area (Å²) in [6.07, 6.45) is -0.932. The molecule has 94 valence electrons. The topological polar surface area (TPSA) is 21.3 Å². The fourth-order valence-corrected chi connectivity index (χ4v) is 2.30. The minimum Gasteiger partial charge on any atom is -0.376 e. The molecule has 1 saturated carbocycles. The molecule has 1 heterocycles. The molecule has 2 nitrogen and oxygen atoms in total. The van der Waals surface area contributed by atoms with Crippen molar-refractivity contribution in [2.75, 3.05) is 13.2 Å². The molecule has 1 aliphatic heterocycles. The molecule has 2 atom stereocenters. The Morgan fingerprint density at radius 1 is 1.19 bits per heavy atom. The summed E-state index contributed by atoms with van der Waals surface area (Å²) in [6.45, 7) is 1.19. The van der Waals surface area contributed by atoms with Crippen LogP contribution in [0.3, 0.4) is 0 Å². The van der Waals surface area contributed by atoms with Crippen molar-refractivity contribution in [1.82, 2.24) is 5.32 Å². The van der Waals surface area contributed by atoms with Gasteiger partial charge in [-0.2, -0.15) is 13.2 Å². The van der Waals surface area contributed by atoms with Crippen LogP contribution in [0, 0.1) is 5.92 Å². The third kappa shape index (κ3) is 3.63. The van der Waals surface area contributed by atoms with E-state index < -0.39 is 12.6 Å². The van der Waals surface area contributed by atoms with Gasteiger partial charge in [0.15, 0.2) is 0 Å². The van der Waals surface area contributed by atoms with E-state index in [-0.39, 0.29) is 18.6 Å². The Labute approximate surface area is 93.5 Å². The molecule has 0 aromatic carbocycles. The molecule has 2 aliphatic rings. The summed E-state index contributed by atoms with van der Waals surface area (Å²) in [4.78, 5) is 0. The maximum atomic E-state index is 11.9. The van der Waals surface area contributed by atoms with Gasteiger partial charge in [-0.3, -0.25) is 0 Å². The fraction of sp³-hybridized carbons (Fsp3) is 1.00. The van der Waals surface area contributed by atoms with E-state index in [1.165, 1.54) is 12.8 Å². The zero-order valence-corrected chi connectivity index (χ0v) is 9.22. The lowest BCUT2D eigenvalue weighted by Gasteiger charge is -2.19. The molecule has 16 heavy (non-hydrogen) atoms. The lowest BCUT2D eigenvalue weighted by atomic mass is 10.1. The average Bonchev–Trinajstić information content (AvgIpc) is 2.92. The molecule has 2 rings (SSSR count). The SMILES string of the molecule is FC(F)(F)CCCNC1CCOC1C1CC1. The normalized spacial score (nSPS) is 30.9. The van der Waals surface area contributed by atoms with Crippen molar-refractivity contribution in [3.05, 3.63) is 0 Å². The summed E-state index contributed by atoms with van der Waals surface area (Å²) in [5.41, 5.74) is 0. The lowest BCUT2D eigenvalue weighted by molar-refractivity contribution is -0.135. The zero-order chi connectivity index (χ0) is 11.6. The van der Waals surface area contributed by atoms with E-state index in [0.29, 0.717) is 12.5 Å². The lowest BCUT2D eigenvalue weighted by Crippen LogP contribution is -2.38. The number of hydrogen-bond acceptors (Lipinski definition) is 2. The van der Waals surface area contributed by atoms with E-state index in [0.717, 1.165) is 13.0 Å². The van der Waals surface area contributed by atoms with Crippen molar-refractivity contribution in [1.29, 1.82) is 0 Å². The Hall–Kier alpha value is -0.290. The molecule has 2 unspecified atom stereocenters. The van der Waals surface area contributed by atoms with Crippen LogP contribution in [0.5, 0.6) is 0 Å². The van der Waals surface area contributed by atoms with Gasteiger partial charge in [-0.25, -0.2) is 0 Å². The van der Waals surface area contributed by atoms with E-state index in [1.807, 2.05) is 0 Å². The van der Waals surface area contributed by atoms with Crippen molar-refractivity contribution in [2.45, 2.75) is 50.4 Å². The van der Waals surface area contributed by atoms with Gasteiger partial charge in [0, 0.05) is 19.1 Å². The first-order valence-electron chi connectivity index (χ1n) is 5.98. The molecule has 0 aromatic heterocycles. The van der Waals surface area contributed by atoms with Gasteiger partial charge in [-0.05, 0) is 38.1 Å². The molecule has 0 amide bonds. The van der Waals surface area contributed by atoms with Crippen LogP contribution in [0.1, 0.15) is 32.1 Å². The van der Waals surface area contributed by atoms with E-state index in [9.17, 15) is 13.2 Å². The highest BCUT2D eigenvalue weighted by atomic mass is 19.4. The highest BCUT2D eigenvalue weighted by Gasteiger charge is 2.40. The number of rotatable bonds is 5. The highest BCUT2D eigenvalue weighted by molar-refractivity contribution is 4.93. The van der Waals surface area contributed by atoms with Gasteiger partial charge >= 0.3 is 6.18 Å². The van der Waals surface area contributed by atoms with Crippen LogP contribution in [-0.4, -0.2) is 31.5 Å². The largest absolute Gasteiger partial charge is 0.389 e. The quantitative estimate of drug-likeness (QED) is 0.742. The van der Waals surface area contributed by atoms with Crippen LogP contribution in [0.2, 0.25) is 0 Å². The Morgan fingerprint density at radius 2 is 1.94 bits per heavy atom. The molecule has 1 N–H and O–H groups in total. The smallest absolute Gasteiger partial charge is 0.376 e. The maximum absolute atomic E-state index is 11.9. The van der Waals surface area contributed by atoms with E-state index in [1.54, 1.807) is 0 Å². The summed E-state index contributed by atoms with van der Waals surface area (Å²) in [7, 11) is 0. The van der Waals surface area contributed by atoms with E-state index >= 15 is 0 Å². The monoisotopic (exact) mass is 237 g/mol. The number of nitrogens with one attached hydrogen (secondary N) is 1. The third-order valence-corrected chi connectivity index (χ3v) is 3.27. The molecular formula is C11H18F3NO. The second kappa shape index (κ2) is 4.92. The van der Waals surface area contributed by atoms with Gasteiger partial charge in [-0.15, -0.1) is 0 Å². The van der Waals surface area contributed by atoms with E-state index in [2.05, 4.69) is 5.32 Å². The number of hydrogen-bond donors (Lipinski definition) is 1. The number of ether oxygens (including phenoxy) is 1. The molecule has 2 fully saturated rings. The Bertz CT molecular complexity index is 228. The van der Waals surface area contributed by atoms with Gasteiger partial charge in [0.05, 0.1) is 6.10 Å². The predicted octanol–water partition coefficient (Wildman–Crippen LogP) is 2.49. The van der Waals surface area contributed by atoms with Crippen molar-refractivity contribution in [3.8, 4) is 0 Å². The Kier molecular flexibility index (Phi) is 3.74. The van der Waals surface area contributed by atoms with Gasteiger partial charge in [0.2, 0.25) is 0 Å². The molecule has 1 saturated heterocycles. The number of halogens is 3. The van der Waals surface area contributed by atoms with Gasteiger partial charge < -0.3 is 10.1 Å².